The van der Waals surface area contributed by atoms with Crippen LogP contribution in [0.5, 0.6) is 0 Å². The number of halogens is 2. The Hall–Kier alpha value is -1.75. The van der Waals surface area contributed by atoms with Crippen molar-refractivity contribution >= 4 is 9.84 Å². The molecule has 1 aliphatic rings. The summed E-state index contributed by atoms with van der Waals surface area (Å²) in [6.45, 7) is 5.58. The second-order valence-corrected chi connectivity index (χ2v) is 10.4. The summed E-state index contributed by atoms with van der Waals surface area (Å²) in [5.41, 5.74) is 2.62. The van der Waals surface area contributed by atoms with Crippen molar-refractivity contribution in [1.29, 1.82) is 0 Å². The zero-order valence-electron chi connectivity index (χ0n) is 17.1. The molecule has 0 spiro atoms. The molecule has 0 saturated heterocycles. The van der Waals surface area contributed by atoms with Gasteiger partial charge in [0.2, 0.25) is 0 Å². The molecule has 2 aromatic rings. The quantitative estimate of drug-likeness (QED) is 0.589. The summed E-state index contributed by atoms with van der Waals surface area (Å²) in [4.78, 5) is 0. The van der Waals surface area contributed by atoms with Crippen molar-refractivity contribution in [2.75, 3.05) is 6.26 Å². The molecule has 28 heavy (non-hydrogen) atoms. The lowest BCUT2D eigenvalue weighted by molar-refractivity contribution is 0.470. The Kier molecular flexibility index (Phi) is 7.76. The first kappa shape index (κ1) is 22.5. The van der Waals surface area contributed by atoms with Crippen LogP contribution in [0.3, 0.4) is 0 Å². The van der Waals surface area contributed by atoms with Gasteiger partial charge >= 0.3 is 0 Å². The molecule has 1 fully saturated rings. The summed E-state index contributed by atoms with van der Waals surface area (Å²) in [5, 5.41) is -0.229. The van der Waals surface area contributed by atoms with Gasteiger partial charge in [-0.1, -0.05) is 44.0 Å². The average Bonchev–Trinajstić information content (AvgIpc) is 3.10. The Labute approximate surface area is 167 Å². The molecule has 1 aliphatic carbocycles. The highest BCUT2D eigenvalue weighted by Crippen LogP contribution is 2.41. The molecule has 5 heteroatoms. The Morgan fingerprint density at radius 3 is 2.14 bits per heavy atom. The van der Waals surface area contributed by atoms with E-state index in [4.69, 9.17) is 0 Å². The molecular weight excluding hydrogens is 378 g/mol. The molecule has 2 atom stereocenters. The molecular formula is C23H30F2O2S. The van der Waals surface area contributed by atoms with Gasteiger partial charge in [0, 0.05) is 17.9 Å². The summed E-state index contributed by atoms with van der Waals surface area (Å²) in [7, 11) is -2.74. The lowest BCUT2D eigenvalue weighted by atomic mass is 9.86. The minimum atomic E-state index is -2.74. The van der Waals surface area contributed by atoms with Crippen molar-refractivity contribution in [3.8, 4) is 11.1 Å². The van der Waals surface area contributed by atoms with Crippen LogP contribution in [0.1, 0.15) is 57.9 Å². The zero-order chi connectivity index (χ0) is 20.9. The van der Waals surface area contributed by atoms with Crippen LogP contribution in [0.25, 0.3) is 11.1 Å². The van der Waals surface area contributed by atoms with Gasteiger partial charge < -0.3 is 0 Å². The fraction of sp³-hybridized carbons (Fsp3) is 0.478. The third-order valence-corrected chi connectivity index (χ3v) is 7.33. The Bertz CT molecular complexity index is 874. The predicted molar refractivity (Wildman–Crippen MR) is 112 cm³/mol. The molecule has 0 heterocycles. The number of benzene rings is 2. The first-order chi connectivity index (χ1) is 13.1. The fourth-order valence-corrected chi connectivity index (χ4v) is 3.60. The van der Waals surface area contributed by atoms with E-state index in [2.05, 4.69) is 19.1 Å². The summed E-state index contributed by atoms with van der Waals surface area (Å²) < 4.78 is 47.5. The minimum absolute atomic E-state index is 0.229. The van der Waals surface area contributed by atoms with E-state index in [1.54, 1.807) is 13.8 Å². The monoisotopic (exact) mass is 408 g/mol. The van der Waals surface area contributed by atoms with Crippen molar-refractivity contribution in [3.05, 3.63) is 59.7 Å². The van der Waals surface area contributed by atoms with Crippen LogP contribution in [0.2, 0.25) is 0 Å². The van der Waals surface area contributed by atoms with Gasteiger partial charge in [0.1, 0.15) is 21.5 Å². The fourth-order valence-electron chi connectivity index (χ4n) is 3.60. The van der Waals surface area contributed by atoms with Crippen LogP contribution < -0.4 is 0 Å². The van der Waals surface area contributed by atoms with Crippen LogP contribution in [0.4, 0.5) is 8.78 Å². The molecule has 2 aromatic carbocycles. The van der Waals surface area contributed by atoms with Crippen LogP contribution in [-0.2, 0) is 9.84 Å². The lowest BCUT2D eigenvalue weighted by Crippen LogP contribution is -2.10. The van der Waals surface area contributed by atoms with E-state index >= 15 is 0 Å². The summed E-state index contributed by atoms with van der Waals surface area (Å²) >= 11 is 0. The van der Waals surface area contributed by atoms with E-state index in [1.807, 2.05) is 12.1 Å². The van der Waals surface area contributed by atoms with Crippen molar-refractivity contribution in [2.24, 2.45) is 5.92 Å². The van der Waals surface area contributed by atoms with Gasteiger partial charge in [-0.15, -0.1) is 0 Å². The molecule has 0 amide bonds. The Balaban J connectivity index is 0.000000345. The SMILES string of the molecule is CC(C)S(C)(=O)=O.CCC1CCCC1c1ccc(-c2ccc(F)cc2F)cc1. The summed E-state index contributed by atoms with van der Waals surface area (Å²) in [5.74, 6) is 0.375. The summed E-state index contributed by atoms with van der Waals surface area (Å²) in [6.07, 6.45) is 6.33. The van der Waals surface area contributed by atoms with Crippen LogP contribution in [-0.4, -0.2) is 19.9 Å². The molecule has 0 aliphatic heterocycles. The van der Waals surface area contributed by atoms with Gasteiger partial charge in [-0.3, -0.25) is 0 Å². The maximum atomic E-state index is 13.8. The lowest BCUT2D eigenvalue weighted by Gasteiger charge is -2.18. The molecule has 3 rings (SSSR count). The second kappa shape index (κ2) is 9.64. The molecule has 2 nitrogen and oxygen atoms in total. The van der Waals surface area contributed by atoms with E-state index in [-0.39, 0.29) is 5.25 Å². The largest absolute Gasteiger partial charge is 0.229 e. The maximum absolute atomic E-state index is 13.8. The van der Waals surface area contributed by atoms with Gasteiger partial charge in [-0.25, -0.2) is 17.2 Å². The number of sulfone groups is 1. The molecule has 1 saturated carbocycles. The second-order valence-electron chi connectivity index (χ2n) is 7.83. The average molecular weight is 409 g/mol. The number of rotatable bonds is 4. The van der Waals surface area contributed by atoms with Gasteiger partial charge in [-0.2, -0.15) is 0 Å². The van der Waals surface area contributed by atoms with Crippen molar-refractivity contribution in [2.45, 2.75) is 57.6 Å². The van der Waals surface area contributed by atoms with Gasteiger partial charge in [0.15, 0.2) is 0 Å². The Morgan fingerprint density at radius 2 is 1.64 bits per heavy atom. The first-order valence-corrected chi connectivity index (χ1v) is 11.8. The van der Waals surface area contributed by atoms with Crippen molar-refractivity contribution < 1.29 is 17.2 Å². The minimum Gasteiger partial charge on any atom is -0.229 e. The van der Waals surface area contributed by atoms with E-state index in [9.17, 15) is 17.2 Å². The molecule has 0 N–H and O–H groups in total. The predicted octanol–water partition coefficient (Wildman–Crippen LogP) is 6.36. The molecule has 2 unspecified atom stereocenters. The van der Waals surface area contributed by atoms with Gasteiger partial charge in [-0.05, 0) is 61.8 Å². The Morgan fingerprint density at radius 1 is 1.04 bits per heavy atom. The molecule has 154 valence electrons. The van der Waals surface area contributed by atoms with Crippen LogP contribution >= 0.6 is 0 Å². The van der Waals surface area contributed by atoms with Gasteiger partial charge in [0.05, 0.1) is 5.25 Å². The van der Waals surface area contributed by atoms with E-state index in [0.717, 1.165) is 17.5 Å². The summed E-state index contributed by atoms with van der Waals surface area (Å²) in [6, 6.07) is 11.9. The molecule has 0 aromatic heterocycles. The number of hydrogen-bond acceptors (Lipinski definition) is 2. The normalized spacial score (nSPS) is 19.4. The van der Waals surface area contributed by atoms with E-state index in [1.165, 1.54) is 49.6 Å². The third-order valence-electron chi connectivity index (χ3n) is 5.62. The molecule has 0 bridgehead atoms. The third kappa shape index (κ3) is 5.87. The van der Waals surface area contributed by atoms with Gasteiger partial charge in [0.25, 0.3) is 0 Å². The topological polar surface area (TPSA) is 34.1 Å². The van der Waals surface area contributed by atoms with Crippen LogP contribution in [0, 0.1) is 17.6 Å². The highest BCUT2D eigenvalue weighted by Gasteiger charge is 2.26. The zero-order valence-corrected chi connectivity index (χ0v) is 17.9. The highest BCUT2D eigenvalue weighted by molar-refractivity contribution is 7.91. The standard InChI is InChI=1S/C19H20F2.C4H10O2S/c1-2-13-4-3-5-17(13)14-6-8-15(9-7-14)18-11-10-16(20)12-19(18)21;1-4(2)7(3,5)6/h6-13,17H,2-5H2,1H3;4H,1-3H3. The first-order valence-electron chi connectivity index (χ1n) is 9.87. The van der Waals surface area contributed by atoms with Crippen molar-refractivity contribution in [1.82, 2.24) is 0 Å². The number of hydrogen-bond donors (Lipinski definition) is 0. The smallest absolute Gasteiger partial charge is 0.149 e. The molecule has 0 radical (unpaired) electrons. The highest BCUT2D eigenvalue weighted by atomic mass is 32.2. The van der Waals surface area contributed by atoms with Crippen molar-refractivity contribution in [3.63, 3.8) is 0 Å². The van der Waals surface area contributed by atoms with Crippen LogP contribution in [0.15, 0.2) is 42.5 Å². The van der Waals surface area contributed by atoms with E-state index in [0.29, 0.717) is 11.5 Å². The van der Waals surface area contributed by atoms with E-state index < -0.39 is 21.5 Å². The maximum Gasteiger partial charge on any atom is 0.149 e.